The van der Waals surface area contributed by atoms with Crippen LogP contribution in [0.3, 0.4) is 0 Å². The second-order valence-corrected chi connectivity index (χ2v) is 4.55. The van der Waals surface area contributed by atoms with E-state index in [1.807, 2.05) is 0 Å². The molecule has 0 bridgehead atoms. The molecule has 15 heavy (non-hydrogen) atoms. The Kier molecular flexibility index (Phi) is 2.49. The minimum atomic E-state index is -4.50. The monoisotopic (exact) mass is 224 g/mol. The Labute approximate surface area is 85.2 Å². The first kappa shape index (κ1) is 12.2. The molecule has 0 amide bonds. The summed E-state index contributed by atoms with van der Waals surface area (Å²) in [7, 11) is 0. The average molecular weight is 224 g/mol. The number of rotatable bonds is 1. The molecule has 0 radical (unpaired) electrons. The maximum atomic E-state index is 12.8. The molecule has 0 aliphatic heterocycles. The Hall–Kier alpha value is -0.870. The maximum absolute atomic E-state index is 12.8. The van der Waals surface area contributed by atoms with Gasteiger partial charge in [0.1, 0.15) is 0 Å². The molecule has 5 heteroatoms. The predicted molar refractivity (Wildman–Crippen MR) is 46.8 cm³/mol. The fraction of sp³-hybridized carbons (Fsp3) is 0.700. The minimum absolute atomic E-state index is 0.204. The fourth-order valence-electron chi connectivity index (χ4n) is 1.91. The number of carbonyl (C=O) groups is 1. The largest absolute Gasteiger partial charge is 0.412 e. The first-order valence-corrected chi connectivity index (χ1v) is 4.51. The van der Waals surface area contributed by atoms with E-state index < -0.39 is 28.6 Å². The van der Waals surface area contributed by atoms with Crippen molar-refractivity contribution in [2.45, 2.75) is 33.4 Å². The molecule has 0 spiro atoms. The van der Waals surface area contributed by atoms with Crippen LogP contribution in [0.4, 0.5) is 17.6 Å². The van der Waals surface area contributed by atoms with Gasteiger partial charge in [-0.1, -0.05) is 19.9 Å². The summed E-state index contributed by atoms with van der Waals surface area (Å²) >= 11 is 0. The topological polar surface area (TPSA) is 17.1 Å². The van der Waals surface area contributed by atoms with Crippen LogP contribution in [0.1, 0.15) is 27.2 Å². The molecule has 0 N–H and O–H groups in total. The third-order valence-corrected chi connectivity index (χ3v) is 3.51. The zero-order valence-electron chi connectivity index (χ0n) is 8.70. The molecule has 0 saturated heterocycles. The number of hydrogen-bond donors (Lipinski definition) is 0. The fourth-order valence-corrected chi connectivity index (χ4v) is 1.91. The summed E-state index contributed by atoms with van der Waals surface area (Å²) in [5.41, 5.74) is -3.93. The second-order valence-electron chi connectivity index (χ2n) is 4.55. The highest BCUT2D eigenvalue weighted by Gasteiger charge is 2.59. The van der Waals surface area contributed by atoms with Crippen LogP contribution in [0.15, 0.2) is 11.6 Å². The molecule has 1 aliphatic carbocycles. The maximum Gasteiger partial charge on any atom is 0.412 e. The van der Waals surface area contributed by atoms with Crippen LogP contribution < -0.4 is 0 Å². The summed E-state index contributed by atoms with van der Waals surface area (Å²) in [5.74, 6) is 0. The summed E-state index contributed by atoms with van der Waals surface area (Å²) in [4.78, 5) is 10.8. The summed E-state index contributed by atoms with van der Waals surface area (Å²) in [6.07, 6.45) is -3.79. The lowest BCUT2D eigenvalue weighted by molar-refractivity contribution is -0.147. The van der Waals surface area contributed by atoms with Crippen LogP contribution in [0.5, 0.6) is 0 Å². The van der Waals surface area contributed by atoms with Crippen molar-refractivity contribution < 1.29 is 22.4 Å². The summed E-state index contributed by atoms with van der Waals surface area (Å²) in [5, 5.41) is 0. The van der Waals surface area contributed by atoms with E-state index in [4.69, 9.17) is 0 Å². The molecular weight excluding hydrogens is 212 g/mol. The SMILES string of the molecule is CC1(C)C(C(F)(F)F)=CC[C@@]1(C)C(=O)F. The van der Waals surface area contributed by atoms with E-state index >= 15 is 0 Å². The summed E-state index contributed by atoms with van der Waals surface area (Å²) < 4.78 is 50.5. The molecule has 0 aromatic carbocycles. The predicted octanol–water partition coefficient (Wildman–Crippen LogP) is 3.41. The van der Waals surface area contributed by atoms with Crippen LogP contribution >= 0.6 is 0 Å². The van der Waals surface area contributed by atoms with Crippen molar-refractivity contribution >= 4 is 6.04 Å². The summed E-state index contributed by atoms with van der Waals surface area (Å²) in [6.45, 7) is 3.72. The van der Waals surface area contributed by atoms with Crippen LogP contribution in [-0.4, -0.2) is 12.2 Å². The standard InChI is InChI=1S/C10H12F4O/c1-8(2)6(10(12,13)14)4-5-9(8,3)7(11)15/h4H,5H2,1-3H3/t9-/m0/s1. The van der Waals surface area contributed by atoms with Gasteiger partial charge in [-0.15, -0.1) is 0 Å². The van der Waals surface area contributed by atoms with E-state index in [2.05, 4.69) is 0 Å². The molecular formula is C10H12F4O. The zero-order chi connectivity index (χ0) is 12.1. The Bertz CT molecular complexity index is 327. The third-order valence-electron chi connectivity index (χ3n) is 3.51. The van der Waals surface area contributed by atoms with Crippen LogP contribution in [0.2, 0.25) is 0 Å². The lowest BCUT2D eigenvalue weighted by Gasteiger charge is -2.37. The number of allylic oxidation sites excluding steroid dienone is 2. The number of halogens is 4. The van der Waals surface area contributed by atoms with Gasteiger partial charge in [0.15, 0.2) is 0 Å². The van der Waals surface area contributed by atoms with Gasteiger partial charge < -0.3 is 0 Å². The minimum Gasteiger partial charge on any atom is -0.261 e. The van der Waals surface area contributed by atoms with Gasteiger partial charge in [0.25, 0.3) is 0 Å². The number of alkyl halides is 3. The lowest BCUT2D eigenvalue weighted by Crippen LogP contribution is -2.40. The quantitative estimate of drug-likeness (QED) is 0.379. The smallest absolute Gasteiger partial charge is 0.261 e. The molecule has 1 aliphatic rings. The third kappa shape index (κ3) is 1.58. The molecule has 1 nitrogen and oxygen atoms in total. The van der Waals surface area contributed by atoms with Crippen molar-refractivity contribution in [1.29, 1.82) is 0 Å². The Morgan fingerprint density at radius 3 is 2.00 bits per heavy atom. The van der Waals surface area contributed by atoms with Gasteiger partial charge in [0, 0.05) is 11.0 Å². The van der Waals surface area contributed by atoms with E-state index in [9.17, 15) is 22.4 Å². The van der Waals surface area contributed by atoms with Crippen molar-refractivity contribution in [3.8, 4) is 0 Å². The van der Waals surface area contributed by atoms with Gasteiger partial charge in [-0.05, 0) is 13.3 Å². The average Bonchev–Trinajstić information content (AvgIpc) is 2.23. The van der Waals surface area contributed by atoms with Crippen LogP contribution in [-0.2, 0) is 4.79 Å². The van der Waals surface area contributed by atoms with Crippen LogP contribution in [0, 0.1) is 10.8 Å². The molecule has 1 rings (SSSR count). The molecule has 0 fully saturated rings. The first-order chi connectivity index (χ1) is 6.53. The van der Waals surface area contributed by atoms with E-state index in [0.29, 0.717) is 0 Å². The van der Waals surface area contributed by atoms with Crippen molar-refractivity contribution in [3.05, 3.63) is 11.6 Å². The van der Waals surface area contributed by atoms with Gasteiger partial charge in [-0.25, -0.2) is 0 Å². The highest BCUT2D eigenvalue weighted by molar-refractivity contribution is 5.78. The second kappa shape index (κ2) is 3.06. The Balaban J connectivity index is 3.18. The molecule has 1 atom stereocenters. The van der Waals surface area contributed by atoms with Crippen molar-refractivity contribution in [2.75, 3.05) is 0 Å². The van der Waals surface area contributed by atoms with E-state index in [1.165, 1.54) is 20.8 Å². The molecule has 0 aromatic rings. The van der Waals surface area contributed by atoms with Crippen molar-refractivity contribution in [2.24, 2.45) is 10.8 Å². The van der Waals surface area contributed by atoms with Crippen molar-refractivity contribution in [1.82, 2.24) is 0 Å². The van der Waals surface area contributed by atoms with E-state index in [-0.39, 0.29) is 6.42 Å². The van der Waals surface area contributed by atoms with E-state index in [0.717, 1.165) is 6.08 Å². The first-order valence-electron chi connectivity index (χ1n) is 4.51. The molecule has 0 saturated carbocycles. The summed E-state index contributed by atoms with van der Waals surface area (Å²) in [6, 6.07) is -1.69. The van der Waals surface area contributed by atoms with Gasteiger partial charge in [-0.3, -0.25) is 4.79 Å². The van der Waals surface area contributed by atoms with Gasteiger partial charge in [-0.2, -0.15) is 17.6 Å². The van der Waals surface area contributed by atoms with Gasteiger partial charge >= 0.3 is 12.2 Å². The van der Waals surface area contributed by atoms with Gasteiger partial charge in [0.05, 0.1) is 5.41 Å². The highest BCUT2D eigenvalue weighted by atomic mass is 19.4. The van der Waals surface area contributed by atoms with Crippen molar-refractivity contribution in [3.63, 3.8) is 0 Å². The molecule has 0 heterocycles. The zero-order valence-corrected chi connectivity index (χ0v) is 8.70. The highest BCUT2D eigenvalue weighted by Crippen LogP contribution is 2.57. The number of carbonyl (C=O) groups excluding carboxylic acids is 1. The van der Waals surface area contributed by atoms with Crippen LogP contribution in [0.25, 0.3) is 0 Å². The van der Waals surface area contributed by atoms with E-state index in [1.54, 1.807) is 0 Å². The molecule has 0 unspecified atom stereocenters. The lowest BCUT2D eigenvalue weighted by atomic mass is 9.66. The Morgan fingerprint density at radius 2 is 1.80 bits per heavy atom. The van der Waals surface area contributed by atoms with Gasteiger partial charge in [0.2, 0.25) is 0 Å². The Morgan fingerprint density at radius 1 is 1.33 bits per heavy atom. The molecule has 86 valence electrons. The molecule has 0 aromatic heterocycles. The normalized spacial score (nSPS) is 30.2. The number of hydrogen-bond acceptors (Lipinski definition) is 1.